The standard InChI is InChI=1S/C28H36O3/c1-26-14-11-22(31-19-29)18-21(26)8-9-23-24(26)12-15-27(2)25(23)13-17-28(27,30)16-10-20-6-4-3-5-7-20/h3-7,19,21-25,30H,8-9,11-15,17-18H2,1-2H3/t21-,22+,23+,24-,25+,26+,27+,28-/m0/s1. The van der Waals surface area contributed by atoms with Gasteiger partial charge in [0, 0.05) is 11.0 Å². The normalized spacial score (nSPS) is 46.0. The van der Waals surface area contributed by atoms with E-state index in [0.717, 1.165) is 43.6 Å². The quantitative estimate of drug-likeness (QED) is 0.518. The van der Waals surface area contributed by atoms with E-state index >= 15 is 0 Å². The smallest absolute Gasteiger partial charge is 0.293 e. The highest BCUT2D eigenvalue weighted by molar-refractivity contribution is 5.38. The molecule has 5 rings (SSSR count). The Bertz CT molecular complexity index is 885. The lowest BCUT2D eigenvalue weighted by Gasteiger charge is -2.61. The topological polar surface area (TPSA) is 46.5 Å². The summed E-state index contributed by atoms with van der Waals surface area (Å²) in [7, 11) is 0. The Balaban J connectivity index is 1.38. The van der Waals surface area contributed by atoms with E-state index in [1.807, 2.05) is 30.3 Å². The summed E-state index contributed by atoms with van der Waals surface area (Å²) in [5.41, 5.74) is 0.338. The number of aliphatic hydroxyl groups is 1. The molecule has 1 aromatic carbocycles. The highest BCUT2D eigenvalue weighted by atomic mass is 16.5. The molecule has 0 amide bonds. The van der Waals surface area contributed by atoms with Crippen LogP contribution in [0.1, 0.15) is 77.2 Å². The van der Waals surface area contributed by atoms with Gasteiger partial charge in [-0.15, -0.1) is 0 Å². The van der Waals surface area contributed by atoms with Gasteiger partial charge in [-0.25, -0.2) is 0 Å². The van der Waals surface area contributed by atoms with Crippen LogP contribution < -0.4 is 0 Å². The minimum atomic E-state index is -0.883. The maximum Gasteiger partial charge on any atom is 0.293 e. The molecule has 1 N–H and O–H groups in total. The van der Waals surface area contributed by atoms with Gasteiger partial charge in [0.1, 0.15) is 11.7 Å². The van der Waals surface area contributed by atoms with Crippen LogP contribution in [0.5, 0.6) is 0 Å². The van der Waals surface area contributed by atoms with Gasteiger partial charge >= 0.3 is 0 Å². The van der Waals surface area contributed by atoms with Gasteiger partial charge < -0.3 is 9.84 Å². The minimum absolute atomic E-state index is 0.114. The lowest BCUT2D eigenvalue weighted by atomic mass is 9.44. The molecule has 4 aliphatic carbocycles. The number of rotatable bonds is 2. The van der Waals surface area contributed by atoms with Crippen molar-refractivity contribution in [2.75, 3.05) is 0 Å². The van der Waals surface area contributed by atoms with Crippen LogP contribution in [0.2, 0.25) is 0 Å². The molecule has 0 heterocycles. The molecule has 3 heteroatoms. The zero-order valence-corrected chi connectivity index (χ0v) is 19.0. The number of carbonyl (C=O) groups is 1. The maximum atomic E-state index is 11.8. The van der Waals surface area contributed by atoms with Gasteiger partial charge in [0.25, 0.3) is 6.47 Å². The van der Waals surface area contributed by atoms with Crippen LogP contribution in [-0.2, 0) is 9.53 Å². The average Bonchev–Trinajstić information content (AvgIpc) is 3.05. The molecule has 31 heavy (non-hydrogen) atoms. The fourth-order valence-corrected chi connectivity index (χ4v) is 8.34. The molecule has 0 saturated heterocycles. The van der Waals surface area contributed by atoms with E-state index in [9.17, 15) is 9.90 Å². The summed E-state index contributed by atoms with van der Waals surface area (Å²) in [6.45, 7) is 5.48. The van der Waals surface area contributed by atoms with Crippen LogP contribution in [0.25, 0.3) is 0 Å². The predicted octanol–water partition coefficient (Wildman–Crippen LogP) is 5.35. The summed E-state index contributed by atoms with van der Waals surface area (Å²) in [5.74, 6) is 9.27. The van der Waals surface area contributed by atoms with Crippen molar-refractivity contribution in [3.8, 4) is 11.8 Å². The molecule has 3 nitrogen and oxygen atoms in total. The first-order chi connectivity index (χ1) is 14.9. The molecule has 4 aliphatic rings. The summed E-state index contributed by atoms with van der Waals surface area (Å²) in [5, 5.41) is 11.8. The SMILES string of the molecule is C[C@@]12CC[C@@H](OC=O)C[C@@H]1CC[C@H]1[C@H]3CC[C@@](O)(C#Cc4ccccc4)[C@]3(C)CC[C@@H]12. The first-order valence-corrected chi connectivity index (χ1v) is 12.3. The molecule has 8 atom stereocenters. The third-order valence-corrected chi connectivity index (χ3v) is 10.2. The van der Waals surface area contributed by atoms with E-state index in [0.29, 0.717) is 29.6 Å². The van der Waals surface area contributed by atoms with Gasteiger partial charge in [0.05, 0.1) is 0 Å². The third-order valence-electron chi connectivity index (χ3n) is 10.2. The van der Waals surface area contributed by atoms with E-state index in [2.05, 4.69) is 25.7 Å². The van der Waals surface area contributed by atoms with Crippen LogP contribution in [0.4, 0.5) is 0 Å². The zero-order chi connectivity index (χ0) is 21.7. The first-order valence-electron chi connectivity index (χ1n) is 12.3. The number of fused-ring (bicyclic) bond motifs is 5. The second-order valence-corrected chi connectivity index (χ2v) is 11.3. The van der Waals surface area contributed by atoms with E-state index in [1.165, 1.54) is 25.7 Å². The predicted molar refractivity (Wildman–Crippen MR) is 121 cm³/mol. The van der Waals surface area contributed by atoms with Crippen molar-refractivity contribution < 1.29 is 14.6 Å². The Morgan fingerprint density at radius 2 is 1.77 bits per heavy atom. The maximum absolute atomic E-state index is 11.8. The van der Waals surface area contributed by atoms with Gasteiger partial charge in [-0.1, -0.05) is 43.9 Å². The third kappa shape index (κ3) is 3.25. The van der Waals surface area contributed by atoms with Crippen LogP contribution in [-0.4, -0.2) is 23.3 Å². The monoisotopic (exact) mass is 420 g/mol. The fraction of sp³-hybridized carbons (Fsp3) is 0.679. The average molecular weight is 421 g/mol. The molecule has 0 spiro atoms. The van der Waals surface area contributed by atoms with Crippen molar-refractivity contribution in [3.63, 3.8) is 0 Å². The number of benzene rings is 1. The number of hydrogen-bond acceptors (Lipinski definition) is 3. The van der Waals surface area contributed by atoms with E-state index < -0.39 is 5.60 Å². The largest absolute Gasteiger partial charge is 0.465 e. The second kappa shape index (κ2) is 7.66. The summed E-state index contributed by atoms with van der Waals surface area (Å²) in [4.78, 5) is 10.8. The molecule has 0 aromatic heterocycles. The van der Waals surface area contributed by atoms with Gasteiger partial charge in [-0.2, -0.15) is 0 Å². The van der Waals surface area contributed by atoms with Crippen LogP contribution in [0, 0.1) is 46.3 Å². The van der Waals surface area contributed by atoms with Crippen LogP contribution in [0.3, 0.4) is 0 Å². The molecular formula is C28H36O3. The van der Waals surface area contributed by atoms with Crippen molar-refractivity contribution in [1.29, 1.82) is 0 Å². The van der Waals surface area contributed by atoms with Crippen molar-refractivity contribution in [2.45, 2.75) is 83.3 Å². The Morgan fingerprint density at radius 1 is 1.00 bits per heavy atom. The molecule has 0 radical (unpaired) electrons. The molecule has 1 aromatic rings. The van der Waals surface area contributed by atoms with Gasteiger partial charge in [-0.3, -0.25) is 4.79 Å². The summed E-state index contributed by atoms with van der Waals surface area (Å²) in [6, 6.07) is 10.1. The molecule has 4 saturated carbocycles. The number of ether oxygens (including phenoxy) is 1. The van der Waals surface area contributed by atoms with E-state index in [1.54, 1.807) is 0 Å². The zero-order valence-electron chi connectivity index (χ0n) is 19.0. The molecule has 4 fully saturated rings. The lowest BCUT2D eigenvalue weighted by Crippen LogP contribution is -2.56. The Morgan fingerprint density at radius 3 is 2.55 bits per heavy atom. The molecule has 0 aliphatic heterocycles. The van der Waals surface area contributed by atoms with Crippen molar-refractivity contribution >= 4 is 6.47 Å². The van der Waals surface area contributed by atoms with Crippen molar-refractivity contribution in [1.82, 2.24) is 0 Å². The lowest BCUT2D eigenvalue weighted by molar-refractivity contribution is -0.156. The number of hydrogen-bond donors (Lipinski definition) is 1. The van der Waals surface area contributed by atoms with Gasteiger partial charge in [0.2, 0.25) is 0 Å². The highest BCUT2D eigenvalue weighted by Gasteiger charge is 2.64. The van der Waals surface area contributed by atoms with Crippen LogP contribution in [0.15, 0.2) is 30.3 Å². The number of carbonyl (C=O) groups excluding carboxylic acids is 1. The fourth-order valence-electron chi connectivity index (χ4n) is 8.34. The Hall–Kier alpha value is -1.79. The van der Waals surface area contributed by atoms with Gasteiger partial charge in [-0.05, 0) is 99.0 Å². The van der Waals surface area contributed by atoms with Gasteiger partial charge in [0.15, 0.2) is 0 Å². The Labute approximate surface area is 187 Å². The van der Waals surface area contributed by atoms with Crippen molar-refractivity contribution in [3.05, 3.63) is 35.9 Å². The molecule has 0 unspecified atom stereocenters. The van der Waals surface area contributed by atoms with E-state index in [4.69, 9.17) is 4.74 Å². The van der Waals surface area contributed by atoms with Crippen LogP contribution >= 0.6 is 0 Å². The second-order valence-electron chi connectivity index (χ2n) is 11.3. The Kier molecular flexibility index (Phi) is 5.21. The molecule has 166 valence electrons. The van der Waals surface area contributed by atoms with Crippen molar-refractivity contribution in [2.24, 2.45) is 34.5 Å². The summed E-state index contributed by atoms with van der Waals surface area (Å²) in [6.07, 6.45) is 9.95. The summed E-state index contributed by atoms with van der Waals surface area (Å²) >= 11 is 0. The summed E-state index contributed by atoms with van der Waals surface area (Å²) < 4.78 is 5.36. The molecule has 0 bridgehead atoms. The first kappa shape index (κ1) is 21.1. The van der Waals surface area contributed by atoms with E-state index in [-0.39, 0.29) is 11.5 Å². The highest BCUT2D eigenvalue weighted by Crippen LogP contribution is 2.68. The molecular weight excluding hydrogens is 384 g/mol. The minimum Gasteiger partial charge on any atom is -0.465 e.